The number of hydrogen-bond acceptors (Lipinski definition) is 2. The molecule has 0 saturated heterocycles. The van der Waals surface area contributed by atoms with Crippen LogP contribution < -0.4 is 0 Å². The highest BCUT2D eigenvalue weighted by Gasteiger charge is 1.90. The molecule has 2 heteroatoms. The molecule has 0 aromatic carbocycles. The van der Waals surface area contributed by atoms with E-state index in [2.05, 4.69) is 16.5 Å². The van der Waals surface area contributed by atoms with Gasteiger partial charge in [0.15, 0.2) is 0 Å². The van der Waals surface area contributed by atoms with Crippen molar-refractivity contribution in [1.82, 2.24) is 9.97 Å². The van der Waals surface area contributed by atoms with Crippen LogP contribution in [-0.4, -0.2) is 9.97 Å². The molecule has 1 aromatic rings. The van der Waals surface area contributed by atoms with Crippen molar-refractivity contribution in [2.24, 2.45) is 0 Å². The van der Waals surface area contributed by atoms with Crippen molar-refractivity contribution in [3.8, 4) is 0 Å². The van der Waals surface area contributed by atoms with Gasteiger partial charge in [-0.3, -0.25) is 9.97 Å². The predicted octanol–water partition coefficient (Wildman–Crippen LogP) is 1.51. The summed E-state index contributed by atoms with van der Waals surface area (Å²) in [6.07, 6.45) is 6.12. The zero-order valence-corrected chi connectivity index (χ0v) is 6.04. The molecule has 0 bridgehead atoms. The van der Waals surface area contributed by atoms with Crippen LogP contribution in [0.5, 0.6) is 0 Å². The maximum atomic E-state index is 4.23. The lowest BCUT2D eigenvalue weighted by atomic mass is 10.3. The Labute approximate surface area is 60.6 Å². The Bertz CT molecular complexity index is 230. The summed E-state index contributed by atoms with van der Waals surface area (Å²) in [7, 11) is 0. The second-order valence-corrected chi connectivity index (χ2v) is 2.14. The summed E-state index contributed by atoms with van der Waals surface area (Å²) in [4.78, 5) is 8.22. The molecule has 2 nitrogen and oxygen atoms in total. The van der Waals surface area contributed by atoms with Crippen LogP contribution in [0.2, 0.25) is 0 Å². The van der Waals surface area contributed by atoms with Crippen molar-refractivity contribution in [1.29, 1.82) is 0 Å². The maximum Gasteiger partial charge on any atom is 0.0627 e. The molecule has 1 rings (SSSR count). The van der Waals surface area contributed by atoms with Gasteiger partial charge in [-0.2, -0.15) is 0 Å². The van der Waals surface area contributed by atoms with E-state index in [0.29, 0.717) is 0 Å². The molecule has 0 radical (unpaired) electrons. The molecule has 52 valence electrons. The Kier molecular flexibility index (Phi) is 2.15. The predicted molar refractivity (Wildman–Crippen MR) is 40.7 cm³/mol. The number of hydrogen-bond donors (Lipinski definition) is 0. The smallest absolute Gasteiger partial charge is 0.0627 e. The van der Waals surface area contributed by atoms with Gasteiger partial charge in [0, 0.05) is 18.8 Å². The normalized spacial score (nSPS) is 9.30. The average Bonchev–Trinajstić information content (AvgIpc) is 1.88. The van der Waals surface area contributed by atoms with E-state index < -0.39 is 0 Å². The molecule has 0 saturated carbocycles. The molecule has 1 aromatic heterocycles. The van der Waals surface area contributed by atoms with E-state index in [4.69, 9.17) is 0 Å². The first-order valence-electron chi connectivity index (χ1n) is 3.21. The first-order chi connectivity index (χ1) is 4.83. The van der Waals surface area contributed by atoms with Crippen molar-refractivity contribution < 1.29 is 0 Å². The van der Waals surface area contributed by atoms with E-state index in [1.165, 1.54) is 0 Å². The highest BCUT2D eigenvalue weighted by Crippen LogP contribution is 1.95. The minimum atomic E-state index is 0.800. The zero-order valence-electron chi connectivity index (χ0n) is 6.04. The fourth-order valence-corrected chi connectivity index (χ4v) is 0.762. The maximum absolute atomic E-state index is 4.23. The van der Waals surface area contributed by atoms with Crippen LogP contribution in [0.4, 0.5) is 0 Å². The highest BCUT2D eigenvalue weighted by atomic mass is 14.8. The van der Waals surface area contributed by atoms with Gasteiger partial charge in [-0.05, 0) is 6.92 Å². The topological polar surface area (TPSA) is 25.8 Å². The lowest BCUT2D eigenvalue weighted by molar-refractivity contribution is 1.01. The van der Waals surface area contributed by atoms with Crippen LogP contribution in [0.3, 0.4) is 0 Å². The van der Waals surface area contributed by atoms with Crippen LogP contribution in [0, 0.1) is 6.92 Å². The third-order valence-electron chi connectivity index (χ3n) is 1.16. The van der Waals surface area contributed by atoms with Crippen LogP contribution in [0.1, 0.15) is 11.4 Å². The van der Waals surface area contributed by atoms with Gasteiger partial charge in [-0.1, -0.05) is 6.08 Å². The zero-order chi connectivity index (χ0) is 7.40. The van der Waals surface area contributed by atoms with Gasteiger partial charge in [-0.15, -0.1) is 6.58 Å². The van der Waals surface area contributed by atoms with Gasteiger partial charge in [0.05, 0.1) is 11.4 Å². The summed E-state index contributed by atoms with van der Waals surface area (Å²) < 4.78 is 0. The van der Waals surface area contributed by atoms with Crippen molar-refractivity contribution in [3.63, 3.8) is 0 Å². The second kappa shape index (κ2) is 3.11. The van der Waals surface area contributed by atoms with Gasteiger partial charge in [-0.25, -0.2) is 0 Å². The van der Waals surface area contributed by atoms with Crippen LogP contribution in [-0.2, 0) is 6.42 Å². The first-order valence-corrected chi connectivity index (χ1v) is 3.21. The van der Waals surface area contributed by atoms with Crippen molar-refractivity contribution in [2.75, 3.05) is 0 Å². The molecule has 0 aliphatic heterocycles. The van der Waals surface area contributed by atoms with E-state index in [9.17, 15) is 0 Å². The Morgan fingerprint density at radius 3 is 3.00 bits per heavy atom. The molecule has 1 heterocycles. The van der Waals surface area contributed by atoms with Gasteiger partial charge >= 0.3 is 0 Å². The Balaban J connectivity index is 2.84. The molecule has 0 atom stereocenters. The largest absolute Gasteiger partial charge is 0.261 e. The monoisotopic (exact) mass is 134 g/mol. The number of rotatable bonds is 2. The van der Waals surface area contributed by atoms with Crippen molar-refractivity contribution in [3.05, 3.63) is 36.4 Å². The van der Waals surface area contributed by atoms with Gasteiger partial charge in [0.1, 0.15) is 0 Å². The molecule has 0 aliphatic rings. The molecule has 0 spiro atoms. The van der Waals surface area contributed by atoms with Gasteiger partial charge in [0.2, 0.25) is 0 Å². The molecule has 10 heavy (non-hydrogen) atoms. The van der Waals surface area contributed by atoms with E-state index in [1.807, 2.05) is 13.0 Å². The summed E-state index contributed by atoms with van der Waals surface area (Å²) in [5.74, 6) is 0. The number of aromatic nitrogens is 2. The van der Waals surface area contributed by atoms with Crippen molar-refractivity contribution in [2.45, 2.75) is 13.3 Å². The lowest BCUT2D eigenvalue weighted by Gasteiger charge is -1.94. The van der Waals surface area contributed by atoms with Gasteiger partial charge in [0.25, 0.3) is 0 Å². The third-order valence-corrected chi connectivity index (χ3v) is 1.16. The Morgan fingerprint density at radius 1 is 1.60 bits per heavy atom. The highest BCUT2D eigenvalue weighted by molar-refractivity contribution is 5.04. The SMILES string of the molecule is C=CCc1cncc(C)n1. The fourth-order valence-electron chi connectivity index (χ4n) is 0.762. The van der Waals surface area contributed by atoms with E-state index in [1.54, 1.807) is 12.4 Å². The summed E-state index contributed by atoms with van der Waals surface area (Å²) in [6.45, 7) is 5.55. The molecular weight excluding hydrogens is 124 g/mol. The molecule has 0 amide bonds. The van der Waals surface area contributed by atoms with Crippen molar-refractivity contribution >= 4 is 0 Å². The number of aryl methyl sites for hydroxylation is 1. The van der Waals surface area contributed by atoms with E-state index >= 15 is 0 Å². The van der Waals surface area contributed by atoms with E-state index in [0.717, 1.165) is 17.8 Å². The molecule has 0 unspecified atom stereocenters. The number of nitrogens with zero attached hydrogens (tertiary/aromatic N) is 2. The minimum absolute atomic E-state index is 0.800. The summed E-state index contributed by atoms with van der Waals surface area (Å²) >= 11 is 0. The average molecular weight is 134 g/mol. The van der Waals surface area contributed by atoms with Crippen LogP contribution >= 0.6 is 0 Å². The van der Waals surface area contributed by atoms with Gasteiger partial charge < -0.3 is 0 Å². The Hall–Kier alpha value is -1.18. The molecule has 0 N–H and O–H groups in total. The Morgan fingerprint density at radius 2 is 2.40 bits per heavy atom. The summed E-state index contributed by atoms with van der Waals surface area (Å²) in [6, 6.07) is 0. The standard InChI is InChI=1S/C8H10N2/c1-3-4-8-6-9-5-7(2)10-8/h3,5-6H,1,4H2,2H3. The quantitative estimate of drug-likeness (QED) is 0.573. The molecular formula is C8H10N2. The molecule has 0 aliphatic carbocycles. The second-order valence-electron chi connectivity index (χ2n) is 2.14. The van der Waals surface area contributed by atoms with Crippen LogP contribution in [0.25, 0.3) is 0 Å². The third kappa shape index (κ3) is 1.65. The summed E-state index contributed by atoms with van der Waals surface area (Å²) in [5, 5.41) is 0. The summed E-state index contributed by atoms with van der Waals surface area (Å²) in [5.41, 5.74) is 1.94. The first kappa shape index (κ1) is 6.93. The minimum Gasteiger partial charge on any atom is -0.261 e. The fraction of sp³-hybridized carbons (Fsp3) is 0.250. The van der Waals surface area contributed by atoms with E-state index in [-0.39, 0.29) is 0 Å². The van der Waals surface area contributed by atoms with Crippen LogP contribution in [0.15, 0.2) is 25.0 Å². The lowest BCUT2D eigenvalue weighted by Crippen LogP contribution is -1.90. The molecule has 0 fully saturated rings. The number of allylic oxidation sites excluding steroid dienone is 1.